The van der Waals surface area contributed by atoms with Crippen LogP contribution in [-0.2, 0) is 4.79 Å². The van der Waals surface area contributed by atoms with Crippen molar-refractivity contribution in [3.63, 3.8) is 0 Å². The molecular weight excluding hydrogens is 288 g/mol. The number of hydrogen-bond donors (Lipinski definition) is 0. The van der Waals surface area contributed by atoms with Crippen LogP contribution in [0.4, 0.5) is 0 Å². The summed E-state index contributed by atoms with van der Waals surface area (Å²) in [5, 5.41) is 0. The molecular formula is C19H22N2O2. The lowest BCUT2D eigenvalue weighted by molar-refractivity contribution is -0.126. The van der Waals surface area contributed by atoms with E-state index in [9.17, 15) is 4.79 Å². The van der Waals surface area contributed by atoms with Gasteiger partial charge in [0.2, 0.25) is 5.91 Å². The highest BCUT2D eigenvalue weighted by Gasteiger charge is 2.11. The van der Waals surface area contributed by atoms with Crippen LogP contribution in [0.1, 0.15) is 26.3 Å². The number of benzene rings is 1. The Bertz CT molecular complexity index is 660. The van der Waals surface area contributed by atoms with Gasteiger partial charge in [-0.25, -0.2) is 0 Å². The molecule has 0 spiro atoms. The number of rotatable bonds is 6. The number of carbonyl (C=O) groups excluding carboxylic acids is 1. The van der Waals surface area contributed by atoms with E-state index >= 15 is 0 Å². The topological polar surface area (TPSA) is 42.4 Å². The summed E-state index contributed by atoms with van der Waals surface area (Å²) in [5.74, 6) is 1.51. The zero-order valence-corrected chi connectivity index (χ0v) is 13.8. The third kappa shape index (κ3) is 4.68. The molecule has 4 heteroatoms. The Hall–Kier alpha value is -2.62. The van der Waals surface area contributed by atoms with E-state index in [2.05, 4.69) is 4.98 Å². The van der Waals surface area contributed by atoms with E-state index in [0.29, 0.717) is 5.75 Å². The number of hydrogen-bond acceptors (Lipinski definition) is 3. The molecule has 2 aromatic rings. The maximum atomic E-state index is 12.2. The molecule has 120 valence electrons. The van der Waals surface area contributed by atoms with Gasteiger partial charge in [-0.3, -0.25) is 9.78 Å². The maximum absolute atomic E-state index is 12.2. The van der Waals surface area contributed by atoms with E-state index in [4.69, 9.17) is 4.74 Å². The lowest BCUT2D eigenvalue weighted by Gasteiger charge is -2.18. The fourth-order valence-corrected chi connectivity index (χ4v) is 2.25. The average Bonchev–Trinajstić information content (AvgIpc) is 2.58. The molecule has 0 atom stereocenters. The Kier molecular flexibility index (Phi) is 5.92. The van der Waals surface area contributed by atoms with Crippen LogP contribution in [-0.4, -0.2) is 28.9 Å². The van der Waals surface area contributed by atoms with Gasteiger partial charge in [-0.1, -0.05) is 12.1 Å². The van der Waals surface area contributed by atoms with Crippen molar-refractivity contribution in [2.75, 3.05) is 13.1 Å². The number of amides is 1. The summed E-state index contributed by atoms with van der Waals surface area (Å²) in [4.78, 5) is 18.1. The molecule has 0 aliphatic carbocycles. The van der Waals surface area contributed by atoms with Crippen molar-refractivity contribution >= 4 is 12.0 Å². The summed E-state index contributed by atoms with van der Waals surface area (Å²) in [5.41, 5.74) is 1.70. The van der Waals surface area contributed by atoms with E-state index in [1.807, 2.05) is 68.1 Å². The van der Waals surface area contributed by atoms with Crippen LogP contribution in [0.25, 0.3) is 6.08 Å². The number of pyridine rings is 1. The van der Waals surface area contributed by atoms with Crippen LogP contribution in [0.5, 0.6) is 11.5 Å². The minimum absolute atomic E-state index is 0.0747. The van der Waals surface area contributed by atoms with Gasteiger partial charge in [0.15, 0.2) is 0 Å². The lowest BCUT2D eigenvalue weighted by Crippen LogP contribution is -2.30. The predicted octanol–water partition coefficient (Wildman–Crippen LogP) is 4.15. The minimum atomic E-state index is 0.0747. The zero-order chi connectivity index (χ0) is 16.7. The summed E-state index contributed by atoms with van der Waals surface area (Å²) in [6.07, 6.45) is 5.27. The van der Waals surface area contributed by atoms with Gasteiger partial charge in [-0.05, 0) is 56.7 Å². The fourth-order valence-electron chi connectivity index (χ4n) is 2.25. The van der Waals surface area contributed by atoms with Gasteiger partial charge in [0.25, 0.3) is 0 Å². The van der Waals surface area contributed by atoms with Crippen LogP contribution >= 0.6 is 0 Å². The minimum Gasteiger partial charge on any atom is -0.456 e. The molecule has 0 saturated heterocycles. The SMILES string of the molecule is CCN(CC)C(=O)C(C)=Cc1ccc(Oc2cccnc2)cc1. The van der Waals surface area contributed by atoms with Crippen molar-refractivity contribution < 1.29 is 9.53 Å². The molecule has 0 fully saturated rings. The van der Waals surface area contributed by atoms with Gasteiger partial charge >= 0.3 is 0 Å². The summed E-state index contributed by atoms with van der Waals surface area (Å²) in [6, 6.07) is 11.3. The molecule has 0 bridgehead atoms. The first-order valence-electron chi connectivity index (χ1n) is 7.79. The molecule has 0 aliphatic rings. The smallest absolute Gasteiger partial charge is 0.249 e. The second-order valence-corrected chi connectivity index (χ2v) is 5.16. The Morgan fingerprint density at radius 2 is 1.83 bits per heavy atom. The number of nitrogens with zero attached hydrogens (tertiary/aromatic N) is 2. The van der Waals surface area contributed by atoms with Crippen molar-refractivity contribution in [1.82, 2.24) is 9.88 Å². The normalized spacial score (nSPS) is 11.2. The largest absolute Gasteiger partial charge is 0.456 e. The molecule has 1 aromatic heterocycles. The van der Waals surface area contributed by atoms with E-state index in [1.165, 1.54) is 0 Å². The first-order chi connectivity index (χ1) is 11.1. The molecule has 1 amide bonds. The summed E-state index contributed by atoms with van der Waals surface area (Å²) >= 11 is 0. The molecule has 0 N–H and O–H groups in total. The van der Waals surface area contributed by atoms with Crippen LogP contribution < -0.4 is 4.74 Å². The Labute approximate surface area is 137 Å². The van der Waals surface area contributed by atoms with Crippen molar-refractivity contribution in [2.24, 2.45) is 0 Å². The number of aromatic nitrogens is 1. The van der Waals surface area contributed by atoms with Crippen LogP contribution in [0.2, 0.25) is 0 Å². The molecule has 1 aromatic carbocycles. The maximum Gasteiger partial charge on any atom is 0.249 e. The van der Waals surface area contributed by atoms with Crippen LogP contribution in [0.15, 0.2) is 54.4 Å². The highest BCUT2D eigenvalue weighted by atomic mass is 16.5. The molecule has 4 nitrogen and oxygen atoms in total. The Balaban J connectivity index is 2.07. The summed E-state index contributed by atoms with van der Waals surface area (Å²) in [7, 11) is 0. The van der Waals surface area contributed by atoms with Gasteiger partial charge in [-0.15, -0.1) is 0 Å². The average molecular weight is 310 g/mol. The lowest BCUT2D eigenvalue weighted by atomic mass is 10.1. The Morgan fingerprint density at radius 3 is 2.39 bits per heavy atom. The second-order valence-electron chi connectivity index (χ2n) is 5.16. The van der Waals surface area contributed by atoms with Crippen molar-refractivity contribution in [1.29, 1.82) is 0 Å². The fraction of sp³-hybridized carbons (Fsp3) is 0.263. The molecule has 0 saturated carbocycles. The first-order valence-corrected chi connectivity index (χ1v) is 7.79. The highest BCUT2D eigenvalue weighted by molar-refractivity contribution is 5.97. The Morgan fingerprint density at radius 1 is 1.13 bits per heavy atom. The van der Waals surface area contributed by atoms with E-state index in [0.717, 1.165) is 30.0 Å². The van der Waals surface area contributed by atoms with Crippen molar-refractivity contribution in [3.8, 4) is 11.5 Å². The van der Waals surface area contributed by atoms with Gasteiger partial charge in [0.05, 0.1) is 6.20 Å². The molecule has 0 radical (unpaired) electrons. The molecule has 0 aliphatic heterocycles. The standard InChI is InChI=1S/C19H22N2O2/c1-4-21(5-2)19(22)15(3)13-16-8-10-17(11-9-16)23-18-7-6-12-20-14-18/h6-14H,4-5H2,1-3H3. The number of likely N-dealkylation sites (N-methyl/N-ethyl adjacent to an activating group) is 1. The summed E-state index contributed by atoms with van der Waals surface area (Å²) < 4.78 is 5.70. The van der Waals surface area contributed by atoms with Crippen LogP contribution in [0.3, 0.4) is 0 Å². The van der Waals surface area contributed by atoms with E-state index in [1.54, 1.807) is 12.4 Å². The number of ether oxygens (including phenoxy) is 1. The summed E-state index contributed by atoms with van der Waals surface area (Å²) in [6.45, 7) is 7.26. The van der Waals surface area contributed by atoms with Crippen LogP contribution in [0, 0.1) is 0 Å². The third-order valence-corrected chi connectivity index (χ3v) is 3.52. The first kappa shape index (κ1) is 16.7. The molecule has 2 rings (SSSR count). The molecule has 23 heavy (non-hydrogen) atoms. The van der Waals surface area contributed by atoms with E-state index < -0.39 is 0 Å². The monoisotopic (exact) mass is 310 g/mol. The van der Waals surface area contributed by atoms with Gasteiger partial charge in [0.1, 0.15) is 11.5 Å². The van der Waals surface area contributed by atoms with Gasteiger partial charge in [-0.2, -0.15) is 0 Å². The van der Waals surface area contributed by atoms with E-state index in [-0.39, 0.29) is 5.91 Å². The zero-order valence-electron chi connectivity index (χ0n) is 13.8. The van der Waals surface area contributed by atoms with Gasteiger partial charge in [0, 0.05) is 24.9 Å². The highest BCUT2D eigenvalue weighted by Crippen LogP contribution is 2.21. The predicted molar refractivity (Wildman–Crippen MR) is 92.3 cm³/mol. The second kappa shape index (κ2) is 8.13. The van der Waals surface area contributed by atoms with Crippen molar-refractivity contribution in [3.05, 3.63) is 59.9 Å². The van der Waals surface area contributed by atoms with Gasteiger partial charge < -0.3 is 9.64 Å². The molecule has 0 unspecified atom stereocenters. The third-order valence-electron chi connectivity index (χ3n) is 3.52. The molecule has 1 heterocycles. The van der Waals surface area contributed by atoms with Crippen molar-refractivity contribution in [2.45, 2.75) is 20.8 Å². The number of carbonyl (C=O) groups is 1. The quantitative estimate of drug-likeness (QED) is 0.753.